The van der Waals surface area contributed by atoms with E-state index in [9.17, 15) is 0 Å². The number of rotatable bonds is 2. The highest BCUT2D eigenvalue weighted by Crippen LogP contribution is 2.31. The third-order valence-electron chi connectivity index (χ3n) is 7.06. The summed E-state index contributed by atoms with van der Waals surface area (Å²) in [5, 5.41) is 5.48. The van der Waals surface area contributed by atoms with E-state index in [0.717, 1.165) is 36.2 Å². The summed E-state index contributed by atoms with van der Waals surface area (Å²) in [6.45, 7) is 4.13. The summed E-state index contributed by atoms with van der Waals surface area (Å²) in [4.78, 5) is 8.85. The van der Waals surface area contributed by atoms with Crippen molar-refractivity contribution in [2.45, 2.75) is 39.0 Å². The summed E-state index contributed by atoms with van der Waals surface area (Å²) in [6, 6.07) is 18.2. The molecule has 3 aromatic carbocycles. The molecule has 0 spiro atoms. The summed E-state index contributed by atoms with van der Waals surface area (Å²) in [6.07, 6.45) is 14.5. The Balaban J connectivity index is 1.49. The summed E-state index contributed by atoms with van der Waals surface area (Å²) in [7, 11) is 0. The number of nitrogens with zero attached hydrogens (tertiary/aromatic N) is 2. The van der Waals surface area contributed by atoms with Crippen molar-refractivity contribution in [2.24, 2.45) is 0 Å². The zero-order valence-corrected chi connectivity index (χ0v) is 18.6. The predicted octanol–water partition coefficient (Wildman–Crippen LogP) is 5.62. The van der Waals surface area contributed by atoms with E-state index >= 15 is 0 Å². The molecule has 1 atom stereocenters. The molecule has 32 heavy (non-hydrogen) atoms. The second-order valence-corrected chi connectivity index (χ2v) is 9.00. The molecule has 0 saturated carbocycles. The molecule has 1 heterocycles. The van der Waals surface area contributed by atoms with Gasteiger partial charge in [0, 0.05) is 22.9 Å². The van der Waals surface area contributed by atoms with Gasteiger partial charge in [-0.2, -0.15) is 0 Å². The van der Waals surface area contributed by atoms with Crippen LogP contribution >= 0.6 is 0 Å². The molecule has 2 nitrogen and oxygen atoms in total. The van der Waals surface area contributed by atoms with Gasteiger partial charge in [-0.05, 0) is 76.6 Å². The quantitative estimate of drug-likeness (QED) is 0.425. The van der Waals surface area contributed by atoms with Crippen molar-refractivity contribution in [1.29, 1.82) is 0 Å². The Hall–Kier alpha value is -3.52. The van der Waals surface area contributed by atoms with Gasteiger partial charge in [0.05, 0.1) is 0 Å². The largest absolute Gasteiger partial charge is 0.241 e. The van der Waals surface area contributed by atoms with Crippen molar-refractivity contribution >= 4 is 29.0 Å². The molecule has 0 saturated heterocycles. The van der Waals surface area contributed by atoms with Gasteiger partial charge in [-0.1, -0.05) is 72.8 Å². The minimum absolute atomic E-state index is 0.366. The van der Waals surface area contributed by atoms with Crippen LogP contribution in [-0.4, -0.2) is 9.97 Å². The molecule has 6 rings (SSSR count). The molecule has 156 valence electrons. The van der Waals surface area contributed by atoms with Gasteiger partial charge in [0.15, 0.2) is 0 Å². The third-order valence-corrected chi connectivity index (χ3v) is 7.06. The molecule has 0 amide bonds. The fourth-order valence-electron chi connectivity index (χ4n) is 5.42. The highest BCUT2D eigenvalue weighted by atomic mass is 14.8. The Morgan fingerprint density at radius 3 is 2.62 bits per heavy atom. The van der Waals surface area contributed by atoms with Gasteiger partial charge in [-0.3, -0.25) is 0 Å². The van der Waals surface area contributed by atoms with Crippen LogP contribution in [0.15, 0.2) is 60.9 Å². The summed E-state index contributed by atoms with van der Waals surface area (Å²) < 4.78 is 0. The van der Waals surface area contributed by atoms with Crippen LogP contribution < -0.4 is 10.4 Å². The lowest BCUT2D eigenvalue weighted by Gasteiger charge is -2.19. The number of allylic oxidation sites excluding steroid dienone is 1. The van der Waals surface area contributed by atoms with Gasteiger partial charge in [-0.25, -0.2) is 9.97 Å². The zero-order chi connectivity index (χ0) is 21.7. The maximum absolute atomic E-state index is 4.43. The molecule has 4 aromatic rings. The average molecular weight is 415 g/mol. The number of fused-ring (bicyclic) bond motifs is 5. The molecule has 0 fully saturated rings. The monoisotopic (exact) mass is 414 g/mol. The van der Waals surface area contributed by atoms with Crippen LogP contribution in [0.1, 0.15) is 46.8 Å². The zero-order valence-electron chi connectivity index (χ0n) is 18.6. The van der Waals surface area contributed by atoms with Crippen LogP contribution in [0.4, 0.5) is 0 Å². The van der Waals surface area contributed by atoms with Crippen molar-refractivity contribution in [1.82, 2.24) is 9.97 Å². The van der Waals surface area contributed by atoms with Gasteiger partial charge in [0.1, 0.15) is 6.33 Å². The van der Waals surface area contributed by atoms with Crippen LogP contribution in [0.2, 0.25) is 0 Å². The molecular formula is C30H26N2. The smallest absolute Gasteiger partial charge is 0.115 e. The van der Waals surface area contributed by atoms with E-state index in [-0.39, 0.29) is 0 Å². The number of hydrogen-bond acceptors (Lipinski definition) is 2. The maximum Gasteiger partial charge on any atom is 0.115 e. The topological polar surface area (TPSA) is 25.8 Å². The van der Waals surface area contributed by atoms with Gasteiger partial charge >= 0.3 is 0 Å². The Morgan fingerprint density at radius 2 is 1.75 bits per heavy atom. The summed E-state index contributed by atoms with van der Waals surface area (Å²) in [5.41, 5.74) is 8.64. The molecule has 0 aliphatic heterocycles. The van der Waals surface area contributed by atoms with Crippen LogP contribution in [-0.2, 0) is 6.42 Å². The van der Waals surface area contributed by atoms with Crippen molar-refractivity contribution in [2.75, 3.05) is 0 Å². The average Bonchev–Trinajstić information content (AvgIpc) is 2.83. The highest BCUT2D eigenvalue weighted by Gasteiger charge is 2.16. The van der Waals surface area contributed by atoms with Crippen molar-refractivity contribution in [3.8, 4) is 11.1 Å². The Morgan fingerprint density at radius 1 is 0.906 bits per heavy atom. The van der Waals surface area contributed by atoms with Gasteiger partial charge < -0.3 is 0 Å². The molecule has 0 radical (unpaired) electrons. The maximum atomic E-state index is 4.43. The third kappa shape index (κ3) is 3.10. The van der Waals surface area contributed by atoms with Crippen molar-refractivity contribution < 1.29 is 0 Å². The lowest BCUT2D eigenvalue weighted by Crippen LogP contribution is -2.29. The molecule has 2 heteroatoms. The predicted molar refractivity (Wildman–Crippen MR) is 134 cm³/mol. The number of aromatic nitrogens is 2. The first-order valence-electron chi connectivity index (χ1n) is 11.5. The molecule has 0 N–H and O–H groups in total. The van der Waals surface area contributed by atoms with E-state index in [2.05, 4.69) is 96.7 Å². The lowest BCUT2D eigenvalue weighted by molar-refractivity contribution is 0.922. The number of aryl methyl sites for hydroxylation is 3. The fourth-order valence-corrected chi connectivity index (χ4v) is 5.42. The first-order valence-corrected chi connectivity index (χ1v) is 11.5. The van der Waals surface area contributed by atoms with Crippen LogP contribution in [0.5, 0.6) is 0 Å². The second-order valence-electron chi connectivity index (χ2n) is 9.00. The van der Waals surface area contributed by atoms with Crippen molar-refractivity contribution in [3.63, 3.8) is 0 Å². The summed E-state index contributed by atoms with van der Waals surface area (Å²) >= 11 is 0. The molecule has 2 aliphatic carbocycles. The van der Waals surface area contributed by atoms with E-state index in [1.807, 2.05) is 0 Å². The Kier molecular flexibility index (Phi) is 4.53. The highest BCUT2D eigenvalue weighted by molar-refractivity contribution is 5.93. The first-order chi connectivity index (χ1) is 15.7. The number of hydrogen-bond donors (Lipinski definition) is 0. The van der Waals surface area contributed by atoms with E-state index in [1.54, 1.807) is 6.33 Å². The Bertz CT molecular complexity index is 1500. The van der Waals surface area contributed by atoms with Gasteiger partial charge in [0.25, 0.3) is 0 Å². The lowest BCUT2D eigenvalue weighted by atomic mass is 9.86. The van der Waals surface area contributed by atoms with Crippen LogP contribution in [0.3, 0.4) is 0 Å². The second kappa shape index (κ2) is 7.56. The minimum Gasteiger partial charge on any atom is -0.241 e. The van der Waals surface area contributed by atoms with Gasteiger partial charge in [-0.15, -0.1) is 0 Å². The SMILES string of the molecule is Cc1ncnc(C)c1-c1cccc(C2C=c3c(ccc4c5c(ccc34)CCC=C5)=CC2)c1. The number of benzene rings is 3. The van der Waals surface area contributed by atoms with E-state index < -0.39 is 0 Å². The Labute approximate surface area is 188 Å². The van der Waals surface area contributed by atoms with E-state index in [4.69, 9.17) is 0 Å². The molecule has 1 unspecified atom stereocenters. The van der Waals surface area contributed by atoms with E-state index in [0.29, 0.717) is 5.92 Å². The molecular weight excluding hydrogens is 388 g/mol. The molecule has 2 aliphatic rings. The minimum atomic E-state index is 0.366. The van der Waals surface area contributed by atoms with Crippen molar-refractivity contribution in [3.05, 3.63) is 99.4 Å². The van der Waals surface area contributed by atoms with Crippen LogP contribution in [0, 0.1) is 13.8 Å². The summed E-state index contributed by atoms with van der Waals surface area (Å²) in [5.74, 6) is 0.366. The normalized spacial score (nSPS) is 16.8. The standard InChI is InChI=1S/C30H26N2/c1-19-30(20(2)32-18-31-19)25-8-5-7-23(16-25)24-11-10-22-13-14-27-26-9-4-3-6-21(26)12-15-28(27)29(22)17-24/h4-5,7-10,12-18,24H,3,6,11H2,1-2H3. The molecule has 0 bridgehead atoms. The van der Waals surface area contributed by atoms with E-state index in [1.165, 1.54) is 43.5 Å². The molecule has 1 aromatic heterocycles. The first kappa shape index (κ1) is 19.2. The van der Waals surface area contributed by atoms with Gasteiger partial charge in [0.2, 0.25) is 0 Å². The fraction of sp³-hybridized carbons (Fsp3) is 0.200. The van der Waals surface area contributed by atoms with Crippen LogP contribution in [0.25, 0.3) is 40.1 Å².